The molecule has 0 aromatic carbocycles. The van der Waals surface area contributed by atoms with Gasteiger partial charge in [0.05, 0.1) is 6.20 Å². The first-order valence-electron chi connectivity index (χ1n) is 4.63. The summed E-state index contributed by atoms with van der Waals surface area (Å²) in [6, 6.07) is 1.61. The van der Waals surface area contributed by atoms with Crippen molar-refractivity contribution in [3.8, 4) is 0 Å². The molecule has 86 valence electrons. The molecule has 0 fully saturated rings. The number of carbonyl (C=O) groups excluding carboxylic acids is 1. The van der Waals surface area contributed by atoms with Crippen molar-refractivity contribution < 1.29 is 4.79 Å². The van der Waals surface area contributed by atoms with E-state index in [-0.39, 0.29) is 23.3 Å². The number of carbonyl (C=O) groups is 1. The van der Waals surface area contributed by atoms with Gasteiger partial charge in [0.25, 0.3) is 5.91 Å². The molecule has 0 aliphatic carbocycles. The van der Waals surface area contributed by atoms with E-state index < -0.39 is 5.91 Å². The largest absolute Gasteiger partial charge is 0.382 e. The van der Waals surface area contributed by atoms with Gasteiger partial charge in [0.2, 0.25) is 11.8 Å². The number of nitrogen functional groups attached to an aromatic ring is 2. The summed E-state index contributed by atoms with van der Waals surface area (Å²) in [7, 11) is 0. The van der Waals surface area contributed by atoms with E-state index >= 15 is 0 Å². The molecule has 2 aromatic heterocycles. The number of rotatable bonds is 2. The van der Waals surface area contributed by atoms with Crippen LogP contribution in [0, 0.1) is 0 Å². The van der Waals surface area contributed by atoms with Crippen molar-refractivity contribution in [3.63, 3.8) is 0 Å². The van der Waals surface area contributed by atoms with Crippen LogP contribution in [0.15, 0.2) is 24.7 Å². The number of anilines is 3. The topological polar surface area (TPSA) is 133 Å². The second-order valence-corrected chi connectivity index (χ2v) is 3.05. The molecule has 0 spiro atoms. The average molecular weight is 231 g/mol. The molecule has 0 saturated heterocycles. The Bertz CT molecular complexity index is 542. The van der Waals surface area contributed by atoms with Crippen LogP contribution in [0.4, 0.5) is 17.5 Å². The average Bonchev–Trinajstić information content (AvgIpc) is 2.34. The van der Waals surface area contributed by atoms with Crippen molar-refractivity contribution in [2.75, 3.05) is 16.8 Å². The highest BCUT2D eigenvalue weighted by molar-refractivity contribution is 6.02. The van der Waals surface area contributed by atoms with E-state index in [0.29, 0.717) is 0 Å². The maximum absolute atomic E-state index is 11.7. The normalized spacial score (nSPS) is 9.88. The van der Waals surface area contributed by atoms with Gasteiger partial charge in [-0.15, -0.1) is 0 Å². The number of nitrogens with two attached hydrogens (primary N) is 2. The zero-order valence-electron chi connectivity index (χ0n) is 8.66. The van der Waals surface area contributed by atoms with Gasteiger partial charge >= 0.3 is 0 Å². The molecule has 0 unspecified atom stereocenters. The molecule has 0 aliphatic heterocycles. The van der Waals surface area contributed by atoms with Gasteiger partial charge in [-0.3, -0.25) is 4.79 Å². The number of hydrogen-bond acceptors (Lipinski definition) is 7. The van der Waals surface area contributed by atoms with E-state index in [2.05, 4.69) is 25.3 Å². The number of aromatic nitrogens is 4. The van der Waals surface area contributed by atoms with Crippen LogP contribution < -0.4 is 16.8 Å². The molecule has 2 heterocycles. The second-order valence-electron chi connectivity index (χ2n) is 3.05. The minimum Gasteiger partial charge on any atom is -0.382 e. The Morgan fingerprint density at radius 1 is 1.18 bits per heavy atom. The van der Waals surface area contributed by atoms with Crippen molar-refractivity contribution in [2.45, 2.75) is 0 Å². The summed E-state index contributed by atoms with van der Waals surface area (Å²) in [4.78, 5) is 26.7. The molecule has 17 heavy (non-hydrogen) atoms. The third-order valence-corrected chi connectivity index (χ3v) is 1.85. The van der Waals surface area contributed by atoms with Crippen molar-refractivity contribution in [1.82, 2.24) is 19.9 Å². The Morgan fingerprint density at radius 2 is 1.88 bits per heavy atom. The summed E-state index contributed by atoms with van der Waals surface area (Å²) >= 11 is 0. The quantitative estimate of drug-likeness (QED) is 0.645. The van der Waals surface area contributed by atoms with E-state index in [1.165, 1.54) is 18.6 Å². The van der Waals surface area contributed by atoms with E-state index in [9.17, 15) is 4.79 Å². The zero-order chi connectivity index (χ0) is 12.3. The van der Waals surface area contributed by atoms with Crippen LogP contribution in [-0.4, -0.2) is 25.8 Å². The van der Waals surface area contributed by atoms with Crippen molar-refractivity contribution in [1.29, 1.82) is 0 Å². The summed E-state index contributed by atoms with van der Waals surface area (Å²) < 4.78 is 0. The van der Waals surface area contributed by atoms with Crippen LogP contribution >= 0.6 is 0 Å². The minimum absolute atomic E-state index is 0.0312. The smallest absolute Gasteiger partial charge is 0.293 e. The lowest BCUT2D eigenvalue weighted by Gasteiger charge is -2.05. The molecule has 0 bridgehead atoms. The van der Waals surface area contributed by atoms with Gasteiger partial charge in [-0.05, 0) is 6.07 Å². The van der Waals surface area contributed by atoms with E-state index in [0.717, 1.165) is 0 Å². The molecule has 0 atom stereocenters. The Kier molecular flexibility index (Phi) is 2.77. The van der Waals surface area contributed by atoms with Crippen LogP contribution in [-0.2, 0) is 0 Å². The summed E-state index contributed by atoms with van der Waals surface area (Å²) in [5.41, 5.74) is 11.2. The molecule has 2 aromatic rings. The molecule has 0 radical (unpaired) electrons. The summed E-state index contributed by atoms with van der Waals surface area (Å²) in [6.07, 6.45) is 4.24. The lowest BCUT2D eigenvalue weighted by atomic mass is 10.4. The van der Waals surface area contributed by atoms with Crippen molar-refractivity contribution >= 4 is 23.4 Å². The number of nitrogens with zero attached hydrogens (tertiary/aromatic N) is 4. The fraction of sp³-hybridized carbons (Fsp3) is 0. The predicted molar refractivity (Wildman–Crippen MR) is 60.8 cm³/mol. The second kappa shape index (κ2) is 4.39. The van der Waals surface area contributed by atoms with Crippen LogP contribution in [0.5, 0.6) is 0 Å². The fourth-order valence-electron chi connectivity index (χ4n) is 1.10. The lowest BCUT2D eigenvalue weighted by molar-refractivity contribution is 0.101. The lowest BCUT2D eigenvalue weighted by Crippen LogP contribution is -2.17. The van der Waals surface area contributed by atoms with E-state index in [1.807, 2.05) is 0 Å². The van der Waals surface area contributed by atoms with Gasteiger partial charge in [0.1, 0.15) is 5.69 Å². The molecule has 2 rings (SSSR count). The summed E-state index contributed by atoms with van der Waals surface area (Å²) in [6.45, 7) is 0. The first kappa shape index (κ1) is 10.7. The molecular weight excluding hydrogens is 222 g/mol. The monoisotopic (exact) mass is 231 g/mol. The molecule has 1 amide bonds. The van der Waals surface area contributed by atoms with Gasteiger partial charge in [-0.1, -0.05) is 0 Å². The fourth-order valence-corrected chi connectivity index (χ4v) is 1.10. The Hall–Kier alpha value is -2.77. The third-order valence-electron chi connectivity index (χ3n) is 1.85. The van der Waals surface area contributed by atoms with Gasteiger partial charge in [-0.2, -0.15) is 4.98 Å². The predicted octanol–water partition coefficient (Wildman–Crippen LogP) is -0.317. The number of nitrogens with one attached hydrogen (secondary N) is 1. The third kappa shape index (κ3) is 2.43. The van der Waals surface area contributed by atoms with Crippen molar-refractivity contribution in [3.05, 3.63) is 30.5 Å². The molecular formula is C9H9N7O. The summed E-state index contributed by atoms with van der Waals surface area (Å²) in [5, 5.41) is 2.48. The zero-order valence-corrected chi connectivity index (χ0v) is 8.66. The minimum atomic E-state index is -0.495. The molecule has 8 heteroatoms. The van der Waals surface area contributed by atoms with Crippen LogP contribution in [0.3, 0.4) is 0 Å². The highest BCUT2D eigenvalue weighted by atomic mass is 16.2. The molecule has 8 nitrogen and oxygen atoms in total. The van der Waals surface area contributed by atoms with E-state index in [1.54, 1.807) is 6.07 Å². The van der Waals surface area contributed by atoms with Crippen molar-refractivity contribution in [2.24, 2.45) is 0 Å². The highest BCUT2D eigenvalue weighted by Crippen LogP contribution is 2.14. The van der Waals surface area contributed by atoms with Gasteiger partial charge in [0, 0.05) is 12.4 Å². The SMILES string of the molecule is Nc1ncc(NC(=O)c2ncccn2)c(N)n1. The molecule has 5 N–H and O–H groups in total. The first-order valence-corrected chi connectivity index (χ1v) is 4.63. The molecule has 0 aliphatic rings. The molecule has 0 saturated carbocycles. The van der Waals surface area contributed by atoms with Gasteiger partial charge in [0.15, 0.2) is 5.82 Å². The summed E-state index contributed by atoms with van der Waals surface area (Å²) in [5.74, 6) is -0.340. The van der Waals surface area contributed by atoms with Gasteiger partial charge in [-0.25, -0.2) is 15.0 Å². The number of amides is 1. The van der Waals surface area contributed by atoms with Crippen LogP contribution in [0.2, 0.25) is 0 Å². The number of hydrogen-bond donors (Lipinski definition) is 3. The Morgan fingerprint density at radius 3 is 2.53 bits per heavy atom. The highest BCUT2D eigenvalue weighted by Gasteiger charge is 2.11. The van der Waals surface area contributed by atoms with Crippen LogP contribution in [0.25, 0.3) is 0 Å². The van der Waals surface area contributed by atoms with Gasteiger partial charge < -0.3 is 16.8 Å². The van der Waals surface area contributed by atoms with Crippen LogP contribution in [0.1, 0.15) is 10.6 Å². The standard InChI is InChI=1S/C9H9N7O/c10-6-5(4-14-9(11)16-6)15-8(17)7-12-2-1-3-13-7/h1-4H,(H,15,17)(H4,10,11,14,16). The maximum atomic E-state index is 11.7. The Labute approximate surface area is 96.1 Å². The maximum Gasteiger partial charge on any atom is 0.293 e. The van der Waals surface area contributed by atoms with E-state index in [4.69, 9.17) is 11.5 Å². The Balaban J connectivity index is 2.19. The first-order chi connectivity index (χ1) is 8.16.